The number of halogens is 1. The zero-order chi connectivity index (χ0) is 15.7. The van der Waals surface area contributed by atoms with Gasteiger partial charge in [-0.05, 0) is 40.0 Å². The molecule has 3 aromatic carbocycles. The van der Waals surface area contributed by atoms with E-state index in [9.17, 15) is 0 Å². The third-order valence-electron chi connectivity index (χ3n) is 4.48. The second kappa shape index (κ2) is 5.72. The quantitative estimate of drug-likeness (QED) is 0.485. The van der Waals surface area contributed by atoms with Crippen LogP contribution in [0, 0.1) is 0 Å². The zero-order valence-electron chi connectivity index (χ0n) is 12.7. The maximum atomic E-state index is 6.92. The molecule has 0 N–H and O–H groups in total. The van der Waals surface area contributed by atoms with Crippen LogP contribution in [0.5, 0.6) is 0 Å². The van der Waals surface area contributed by atoms with Crippen molar-refractivity contribution < 1.29 is 0 Å². The summed E-state index contributed by atoms with van der Waals surface area (Å²) in [6.45, 7) is 0. The van der Waals surface area contributed by atoms with E-state index in [-0.39, 0.29) is 0 Å². The molecular formula is C22H17Cl. The van der Waals surface area contributed by atoms with E-state index in [2.05, 4.69) is 85.0 Å². The lowest BCUT2D eigenvalue weighted by molar-refractivity contribution is 0.767. The molecule has 0 aromatic heterocycles. The van der Waals surface area contributed by atoms with Crippen LogP contribution in [0.15, 0.2) is 91.0 Å². The summed E-state index contributed by atoms with van der Waals surface area (Å²) in [5.74, 6) is 0. The second-order valence-electron chi connectivity index (χ2n) is 5.99. The fourth-order valence-corrected chi connectivity index (χ4v) is 3.38. The van der Waals surface area contributed by atoms with Crippen LogP contribution >= 0.6 is 11.6 Å². The van der Waals surface area contributed by atoms with E-state index < -0.39 is 4.87 Å². The van der Waals surface area contributed by atoms with Crippen molar-refractivity contribution in [1.29, 1.82) is 0 Å². The highest BCUT2D eigenvalue weighted by molar-refractivity contribution is 6.26. The highest BCUT2D eigenvalue weighted by Gasteiger charge is 2.28. The minimum absolute atomic E-state index is 0.456. The fourth-order valence-electron chi connectivity index (χ4n) is 3.12. The molecule has 0 fully saturated rings. The Balaban J connectivity index is 1.67. The molecule has 0 saturated carbocycles. The van der Waals surface area contributed by atoms with Crippen LogP contribution in [0.3, 0.4) is 0 Å². The monoisotopic (exact) mass is 316 g/mol. The van der Waals surface area contributed by atoms with E-state index in [1.165, 1.54) is 21.9 Å². The number of rotatable bonds is 2. The Kier molecular flexibility index (Phi) is 3.55. The molecule has 1 atom stereocenters. The van der Waals surface area contributed by atoms with Gasteiger partial charge in [-0.25, -0.2) is 0 Å². The van der Waals surface area contributed by atoms with Gasteiger partial charge < -0.3 is 0 Å². The minimum Gasteiger partial charge on any atom is -0.109 e. The van der Waals surface area contributed by atoms with Crippen molar-refractivity contribution in [1.82, 2.24) is 0 Å². The van der Waals surface area contributed by atoms with Crippen LogP contribution in [0.25, 0.3) is 16.3 Å². The molecule has 3 aromatic rings. The smallest absolute Gasteiger partial charge is 0.0913 e. The molecule has 1 heteroatoms. The number of alkyl halides is 1. The first-order valence-corrected chi connectivity index (χ1v) is 8.25. The molecular weight excluding hydrogens is 300 g/mol. The number of fused-ring (bicyclic) bond motifs is 1. The Morgan fingerprint density at radius 1 is 0.783 bits per heavy atom. The molecule has 1 unspecified atom stereocenters. The summed E-state index contributed by atoms with van der Waals surface area (Å²) in [6.07, 6.45) is 7.30. The summed E-state index contributed by atoms with van der Waals surface area (Å²) in [5, 5.41) is 2.48. The van der Waals surface area contributed by atoms with Crippen molar-refractivity contribution in [3.63, 3.8) is 0 Å². The average Bonchev–Trinajstić information content (AvgIpc) is 2.63. The Labute approximate surface area is 141 Å². The highest BCUT2D eigenvalue weighted by Crippen LogP contribution is 2.40. The molecule has 1 aliphatic rings. The van der Waals surface area contributed by atoms with E-state index in [1.807, 2.05) is 6.07 Å². The van der Waals surface area contributed by atoms with Gasteiger partial charge in [-0.1, -0.05) is 85.0 Å². The molecule has 0 saturated heterocycles. The second-order valence-corrected chi connectivity index (χ2v) is 6.66. The molecule has 0 nitrogen and oxygen atoms in total. The van der Waals surface area contributed by atoms with Crippen molar-refractivity contribution in [2.75, 3.05) is 0 Å². The third-order valence-corrected chi connectivity index (χ3v) is 4.98. The van der Waals surface area contributed by atoms with Crippen molar-refractivity contribution in [2.24, 2.45) is 0 Å². The Bertz CT molecular complexity index is 905. The molecule has 112 valence electrons. The van der Waals surface area contributed by atoms with Gasteiger partial charge in [0.15, 0.2) is 0 Å². The lowest BCUT2D eigenvalue weighted by atomic mass is 9.86. The summed E-state index contributed by atoms with van der Waals surface area (Å²) in [6, 6.07) is 25.3. The normalized spacial score (nSPS) is 20.5. The molecule has 0 spiro atoms. The minimum atomic E-state index is -0.456. The Hall–Kier alpha value is -2.31. The van der Waals surface area contributed by atoms with E-state index in [1.54, 1.807) is 0 Å². The number of allylic oxidation sites excluding steroid dienone is 4. The summed E-state index contributed by atoms with van der Waals surface area (Å²) < 4.78 is 0. The van der Waals surface area contributed by atoms with Gasteiger partial charge in [0.2, 0.25) is 0 Å². The van der Waals surface area contributed by atoms with Crippen molar-refractivity contribution in [3.05, 3.63) is 102 Å². The lowest BCUT2D eigenvalue weighted by Crippen LogP contribution is -2.16. The molecule has 0 amide bonds. The van der Waals surface area contributed by atoms with Crippen LogP contribution in [-0.4, -0.2) is 0 Å². The largest absolute Gasteiger partial charge is 0.109 e. The molecule has 0 aliphatic heterocycles. The van der Waals surface area contributed by atoms with Gasteiger partial charge in [-0.3, -0.25) is 0 Å². The summed E-state index contributed by atoms with van der Waals surface area (Å²) in [7, 11) is 0. The van der Waals surface area contributed by atoms with Gasteiger partial charge in [0.05, 0.1) is 4.87 Å². The maximum Gasteiger partial charge on any atom is 0.0913 e. The number of benzene rings is 3. The van der Waals surface area contributed by atoms with Crippen LogP contribution < -0.4 is 0 Å². The van der Waals surface area contributed by atoms with Gasteiger partial charge >= 0.3 is 0 Å². The van der Waals surface area contributed by atoms with E-state index >= 15 is 0 Å². The molecule has 0 radical (unpaired) electrons. The van der Waals surface area contributed by atoms with Gasteiger partial charge in [0.25, 0.3) is 0 Å². The van der Waals surface area contributed by atoms with E-state index in [4.69, 9.17) is 11.6 Å². The van der Waals surface area contributed by atoms with Crippen LogP contribution in [-0.2, 0) is 4.87 Å². The first-order chi connectivity index (χ1) is 11.2. The molecule has 23 heavy (non-hydrogen) atoms. The van der Waals surface area contributed by atoms with Crippen LogP contribution in [0.2, 0.25) is 0 Å². The number of hydrogen-bond donors (Lipinski definition) is 0. The average molecular weight is 317 g/mol. The van der Waals surface area contributed by atoms with Crippen molar-refractivity contribution in [2.45, 2.75) is 11.3 Å². The van der Waals surface area contributed by atoms with E-state index in [0.717, 1.165) is 12.0 Å². The summed E-state index contributed by atoms with van der Waals surface area (Å²) in [4.78, 5) is -0.456. The topological polar surface area (TPSA) is 0 Å². The first kappa shape index (κ1) is 14.3. The van der Waals surface area contributed by atoms with Crippen molar-refractivity contribution in [3.8, 4) is 0 Å². The third kappa shape index (κ3) is 2.71. The zero-order valence-corrected chi connectivity index (χ0v) is 13.5. The van der Waals surface area contributed by atoms with Crippen LogP contribution in [0.4, 0.5) is 0 Å². The van der Waals surface area contributed by atoms with Crippen LogP contribution in [0.1, 0.15) is 17.5 Å². The maximum absolute atomic E-state index is 6.92. The van der Waals surface area contributed by atoms with Gasteiger partial charge in [0.1, 0.15) is 0 Å². The highest BCUT2D eigenvalue weighted by atomic mass is 35.5. The first-order valence-electron chi connectivity index (χ1n) is 7.88. The van der Waals surface area contributed by atoms with Gasteiger partial charge in [0, 0.05) is 0 Å². The predicted molar refractivity (Wildman–Crippen MR) is 99.7 cm³/mol. The van der Waals surface area contributed by atoms with Gasteiger partial charge in [-0.15, -0.1) is 11.6 Å². The Morgan fingerprint density at radius 3 is 2.26 bits per heavy atom. The summed E-state index contributed by atoms with van der Waals surface area (Å²) >= 11 is 6.92. The predicted octanol–water partition coefficient (Wildman–Crippen LogP) is 6.32. The standard InChI is InChI=1S/C22H17Cl/c23-22(21-11-10-18-8-4-5-9-20(18)16-21)14-12-19(13-15-22)17-6-2-1-3-7-17/h1-14,16H,15H2. The SMILES string of the molecule is ClC1(c2ccc3ccccc3c2)C=CC(c2ccccc2)=CC1. The van der Waals surface area contributed by atoms with E-state index in [0.29, 0.717) is 0 Å². The van der Waals surface area contributed by atoms with Gasteiger partial charge in [-0.2, -0.15) is 0 Å². The summed E-state index contributed by atoms with van der Waals surface area (Å²) in [5.41, 5.74) is 3.63. The molecule has 0 bridgehead atoms. The lowest BCUT2D eigenvalue weighted by Gasteiger charge is -2.26. The molecule has 4 rings (SSSR count). The van der Waals surface area contributed by atoms with Crippen molar-refractivity contribution >= 4 is 27.9 Å². The number of hydrogen-bond acceptors (Lipinski definition) is 0. The molecule has 0 heterocycles. The fraction of sp³-hybridized carbons (Fsp3) is 0.0909. The Morgan fingerprint density at radius 2 is 1.52 bits per heavy atom. The molecule has 1 aliphatic carbocycles.